The van der Waals surface area contributed by atoms with Crippen molar-refractivity contribution >= 4 is 27.6 Å². The summed E-state index contributed by atoms with van der Waals surface area (Å²) in [5.74, 6) is 1.73. The lowest BCUT2D eigenvalue weighted by Gasteiger charge is -2.22. The van der Waals surface area contributed by atoms with Gasteiger partial charge in [-0.05, 0) is 57.2 Å². The van der Waals surface area contributed by atoms with E-state index >= 15 is 0 Å². The minimum absolute atomic E-state index is 0.224. The van der Waals surface area contributed by atoms with E-state index in [2.05, 4.69) is 22.5 Å². The molecule has 152 valence electrons. The lowest BCUT2D eigenvalue weighted by molar-refractivity contribution is 0.0953. The maximum Gasteiger partial charge on any atom is 0.251 e. The van der Waals surface area contributed by atoms with Crippen molar-refractivity contribution < 1.29 is 13.2 Å². The van der Waals surface area contributed by atoms with Crippen LogP contribution in [-0.2, 0) is 10.0 Å². The minimum atomic E-state index is -3.54. The molecule has 0 spiro atoms. The van der Waals surface area contributed by atoms with Gasteiger partial charge in [0.15, 0.2) is 0 Å². The maximum absolute atomic E-state index is 12.5. The molecule has 27 heavy (non-hydrogen) atoms. The number of nitrogens with zero attached hydrogens (tertiary/aromatic N) is 2. The second kappa shape index (κ2) is 8.88. The van der Waals surface area contributed by atoms with Crippen molar-refractivity contribution in [3.8, 4) is 0 Å². The molecular formula is C18H31N5O3S. The molecule has 2 rings (SSSR count). The third-order valence-electron chi connectivity index (χ3n) is 4.86. The van der Waals surface area contributed by atoms with Crippen molar-refractivity contribution in [3.05, 3.63) is 17.7 Å². The quantitative estimate of drug-likeness (QED) is 0.514. The van der Waals surface area contributed by atoms with Crippen LogP contribution in [0.1, 0.15) is 44.0 Å². The first-order chi connectivity index (χ1) is 12.7. The SMILES string of the molecule is CC(C)S(=O)(=O)N(C)c1cc(C(=O)NCCCN)cc(NC[C@H]2C[C@@H]2C)n1. The number of pyridine rings is 1. The maximum atomic E-state index is 12.5. The van der Waals surface area contributed by atoms with Gasteiger partial charge in [0.2, 0.25) is 10.0 Å². The van der Waals surface area contributed by atoms with Crippen LogP contribution in [0.3, 0.4) is 0 Å². The van der Waals surface area contributed by atoms with E-state index in [4.69, 9.17) is 5.73 Å². The molecule has 1 saturated carbocycles. The van der Waals surface area contributed by atoms with Gasteiger partial charge in [0, 0.05) is 25.7 Å². The highest BCUT2D eigenvalue weighted by Gasteiger charge is 2.32. The zero-order chi connectivity index (χ0) is 20.2. The average molecular weight is 398 g/mol. The summed E-state index contributed by atoms with van der Waals surface area (Å²) in [5, 5.41) is 5.45. The second-order valence-electron chi connectivity index (χ2n) is 7.41. The van der Waals surface area contributed by atoms with Gasteiger partial charge < -0.3 is 16.4 Å². The highest BCUT2D eigenvalue weighted by Crippen LogP contribution is 2.37. The van der Waals surface area contributed by atoms with Gasteiger partial charge in [-0.1, -0.05) is 6.92 Å². The van der Waals surface area contributed by atoms with Crippen LogP contribution in [0.4, 0.5) is 11.6 Å². The van der Waals surface area contributed by atoms with Gasteiger partial charge in [-0.3, -0.25) is 9.10 Å². The van der Waals surface area contributed by atoms with E-state index in [1.165, 1.54) is 19.5 Å². The van der Waals surface area contributed by atoms with E-state index in [0.29, 0.717) is 42.7 Å². The number of carbonyl (C=O) groups is 1. The summed E-state index contributed by atoms with van der Waals surface area (Å²) < 4.78 is 26.1. The fourth-order valence-corrected chi connectivity index (χ4v) is 3.66. The number of anilines is 2. The van der Waals surface area contributed by atoms with Crippen LogP contribution in [0.15, 0.2) is 12.1 Å². The molecule has 0 bridgehead atoms. The summed E-state index contributed by atoms with van der Waals surface area (Å²) in [5.41, 5.74) is 5.83. The zero-order valence-electron chi connectivity index (χ0n) is 16.5. The molecule has 1 amide bonds. The Morgan fingerprint density at radius 3 is 2.63 bits per heavy atom. The molecule has 8 nitrogen and oxygen atoms in total. The molecule has 4 N–H and O–H groups in total. The number of nitrogens with two attached hydrogens (primary N) is 1. The fraction of sp³-hybridized carbons (Fsp3) is 0.667. The minimum Gasteiger partial charge on any atom is -0.370 e. The first-order valence-electron chi connectivity index (χ1n) is 9.38. The van der Waals surface area contributed by atoms with Crippen molar-refractivity contribution in [2.24, 2.45) is 17.6 Å². The first kappa shape index (κ1) is 21.4. The second-order valence-corrected chi connectivity index (χ2v) is 9.93. The largest absolute Gasteiger partial charge is 0.370 e. The Morgan fingerprint density at radius 1 is 1.41 bits per heavy atom. The summed E-state index contributed by atoms with van der Waals surface area (Å²) in [4.78, 5) is 16.9. The van der Waals surface area contributed by atoms with Crippen LogP contribution in [0.25, 0.3) is 0 Å². The Labute approximate surface area is 162 Å². The molecule has 1 aliphatic carbocycles. The lowest BCUT2D eigenvalue weighted by atomic mass is 10.2. The molecule has 1 heterocycles. The van der Waals surface area contributed by atoms with Crippen LogP contribution in [0.5, 0.6) is 0 Å². The molecule has 0 aromatic carbocycles. The molecule has 2 atom stereocenters. The van der Waals surface area contributed by atoms with E-state index in [1.807, 2.05) is 0 Å². The van der Waals surface area contributed by atoms with Gasteiger partial charge >= 0.3 is 0 Å². The number of nitrogens with one attached hydrogen (secondary N) is 2. The molecule has 0 radical (unpaired) electrons. The summed E-state index contributed by atoms with van der Waals surface area (Å²) in [6, 6.07) is 3.16. The van der Waals surface area contributed by atoms with Crippen molar-refractivity contribution in [3.63, 3.8) is 0 Å². The molecule has 0 saturated heterocycles. The highest BCUT2D eigenvalue weighted by atomic mass is 32.2. The lowest BCUT2D eigenvalue weighted by Crippen LogP contribution is -2.34. The topological polar surface area (TPSA) is 117 Å². The third kappa shape index (κ3) is 5.55. The Kier molecular flexibility index (Phi) is 7.05. The Morgan fingerprint density at radius 2 is 2.07 bits per heavy atom. The van der Waals surface area contributed by atoms with Crippen molar-refractivity contribution in [1.82, 2.24) is 10.3 Å². The third-order valence-corrected chi connectivity index (χ3v) is 7.00. The van der Waals surface area contributed by atoms with E-state index in [1.54, 1.807) is 19.9 Å². The first-order valence-corrected chi connectivity index (χ1v) is 10.9. The summed E-state index contributed by atoms with van der Waals surface area (Å²) in [7, 11) is -2.08. The summed E-state index contributed by atoms with van der Waals surface area (Å²) >= 11 is 0. The van der Waals surface area contributed by atoms with Gasteiger partial charge in [0.25, 0.3) is 5.91 Å². The molecule has 0 unspecified atom stereocenters. The van der Waals surface area contributed by atoms with E-state index in [9.17, 15) is 13.2 Å². The summed E-state index contributed by atoms with van der Waals surface area (Å²) in [6.45, 7) is 7.13. The smallest absolute Gasteiger partial charge is 0.251 e. The monoisotopic (exact) mass is 397 g/mol. The number of amides is 1. The number of carbonyl (C=O) groups excluding carboxylic acids is 1. The van der Waals surface area contributed by atoms with Crippen molar-refractivity contribution in [2.45, 2.75) is 38.9 Å². The molecule has 1 aromatic heterocycles. The molecule has 9 heteroatoms. The highest BCUT2D eigenvalue weighted by molar-refractivity contribution is 7.93. The number of rotatable bonds is 10. The zero-order valence-corrected chi connectivity index (χ0v) is 17.3. The molecule has 1 fully saturated rings. The van der Waals surface area contributed by atoms with Gasteiger partial charge in [-0.2, -0.15) is 0 Å². The Bertz CT molecular complexity index is 766. The molecule has 1 aliphatic rings. The van der Waals surface area contributed by atoms with Gasteiger partial charge in [-0.15, -0.1) is 0 Å². The van der Waals surface area contributed by atoms with Crippen LogP contribution >= 0.6 is 0 Å². The average Bonchev–Trinajstić information content (AvgIpc) is 3.34. The van der Waals surface area contributed by atoms with E-state index in [0.717, 1.165) is 10.8 Å². The van der Waals surface area contributed by atoms with Gasteiger partial charge in [0.05, 0.1) is 5.25 Å². The van der Waals surface area contributed by atoms with Crippen LogP contribution in [0.2, 0.25) is 0 Å². The van der Waals surface area contributed by atoms with Crippen molar-refractivity contribution in [2.75, 3.05) is 36.3 Å². The van der Waals surface area contributed by atoms with Crippen LogP contribution in [0, 0.1) is 11.8 Å². The number of sulfonamides is 1. The molecule has 1 aromatic rings. The fourth-order valence-electron chi connectivity index (χ4n) is 2.67. The molecular weight excluding hydrogens is 366 g/mol. The Balaban J connectivity index is 2.27. The predicted octanol–water partition coefficient (Wildman–Crippen LogP) is 1.40. The summed E-state index contributed by atoms with van der Waals surface area (Å²) in [6.07, 6.45) is 1.84. The van der Waals surface area contributed by atoms with Crippen LogP contribution < -0.4 is 20.7 Å². The van der Waals surface area contributed by atoms with Gasteiger partial charge in [0.1, 0.15) is 11.6 Å². The van der Waals surface area contributed by atoms with E-state index < -0.39 is 15.3 Å². The number of aromatic nitrogens is 1. The number of hydrogen-bond acceptors (Lipinski definition) is 6. The van der Waals surface area contributed by atoms with Crippen LogP contribution in [-0.4, -0.2) is 51.2 Å². The Hall–Kier alpha value is -1.87. The normalized spacial score (nSPS) is 19.0. The van der Waals surface area contributed by atoms with Crippen molar-refractivity contribution in [1.29, 1.82) is 0 Å². The van der Waals surface area contributed by atoms with Gasteiger partial charge in [-0.25, -0.2) is 13.4 Å². The molecule has 0 aliphatic heterocycles. The standard InChI is InChI=1S/C18H31N5O3S/c1-12(2)27(25,26)23(4)17-10-14(18(24)20-7-5-6-19)9-16(22-17)21-11-15-8-13(15)3/h9-10,12-13,15H,5-8,11,19H2,1-4H3,(H,20,24)(H,21,22)/t13-,15+/m0/s1. The van der Waals surface area contributed by atoms with E-state index in [-0.39, 0.29) is 11.7 Å². The number of hydrogen-bond donors (Lipinski definition) is 3. The predicted molar refractivity (Wildman–Crippen MR) is 108 cm³/mol.